The first-order valence-corrected chi connectivity index (χ1v) is 9.29. The van der Waals surface area contributed by atoms with Gasteiger partial charge in [-0.25, -0.2) is 8.78 Å². The van der Waals surface area contributed by atoms with E-state index in [9.17, 15) is 18.4 Å². The van der Waals surface area contributed by atoms with Crippen LogP contribution >= 0.6 is 11.8 Å². The summed E-state index contributed by atoms with van der Waals surface area (Å²) in [6, 6.07) is 12.4. The van der Waals surface area contributed by atoms with Gasteiger partial charge in [0.2, 0.25) is 11.8 Å². The molecule has 0 unspecified atom stereocenters. The molecule has 4 nitrogen and oxygen atoms in total. The van der Waals surface area contributed by atoms with Crippen molar-refractivity contribution in [2.45, 2.75) is 12.2 Å². The predicted molar refractivity (Wildman–Crippen MR) is 98.7 cm³/mol. The summed E-state index contributed by atoms with van der Waals surface area (Å²) in [7, 11) is 0. The third kappa shape index (κ3) is 7.23. The van der Waals surface area contributed by atoms with Gasteiger partial charge in [-0.3, -0.25) is 9.59 Å². The summed E-state index contributed by atoms with van der Waals surface area (Å²) < 4.78 is 26.5. The summed E-state index contributed by atoms with van der Waals surface area (Å²) in [6.45, 7) is 0.295. The maximum atomic E-state index is 13.4. The molecule has 2 rings (SSSR count). The number of hydrogen-bond acceptors (Lipinski definition) is 3. The van der Waals surface area contributed by atoms with Gasteiger partial charge in [0.1, 0.15) is 11.6 Å². The second-order valence-corrected chi connectivity index (χ2v) is 6.68. The topological polar surface area (TPSA) is 58.2 Å². The largest absolute Gasteiger partial charge is 0.354 e. The highest BCUT2D eigenvalue weighted by molar-refractivity contribution is 7.98. The van der Waals surface area contributed by atoms with E-state index in [4.69, 9.17) is 0 Å². The van der Waals surface area contributed by atoms with Gasteiger partial charge in [0.15, 0.2) is 0 Å². The van der Waals surface area contributed by atoms with E-state index < -0.39 is 5.82 Å². The Morgan fingerprint density at radius 1 is 0.962 bits per heavy atom. The number of carbonyl (C=O) groups excluding carboxylic acids is 2. The monoisotopic (exact) mass is 378 g/mol. The number of carbonyl (C=O) groups is 2. The first-order valence-electron chi connectivity index (χ1n) is 8.13. The van der Waals surface area contributed by atoms with Crippen LogP contribution < -0.4 is 10.6 Å². The standard InChI is InChI=1S/C19H20F2N2O2S/c20-16-6-3-4-14(10-16)11-18(24)23-12-19(25)22-8-9-26-13-15-5-1-2-7-17(15)21/h1-7,10H,8-9,11-13H2,(H,22,25)(H,23,24). The molecule has 2 amide bonds. The molecule has 2 aromatic rings. The number of hydrogen-bond donors (Lipinski definition) is 2. The Morgan fingerprint density at radius 3 is 2.54 bits per heavy atom. The van der Waals surface area contributed by atoms with Crippen molar-refractivity contribution in [1.82, 2.24) is 10.6 Å². The summed E-state index contributed by atoms with van der Waals surface area (Å²) in [5.41, 5.74) is 1.18. The fourth-order valence-corrected chi connectivity index (χ4v) is 3.04. The molecular formula is C19H20F2N2O2S. The smallest absolute Gasteiger partial charge is 0.239 e. The maximum absolute atomic E-state index is 13.4. The molecule has 0 aromatic heterocycles. The molecule has 0 fully saturated rings. The number of amides is 2. The average molecular weight is 378 g/mol. The minimum atomic E-state index is -0.402. The molecule has 138 valence electrons. The minimum Gasteiger partial charge on any atom is -0.354 e. The quantitative estimate of drug-likeness (QED) is 0.660. The zero-order valence-corrected chi connectivity index (χ0v) is 15.0. The molecule has 0 atom stereocenters. The average Bonchev–Trinajstić information content (AvgIpc) is 2.61. The molecule has 0 aliphatic carbocycles. The van der Waals surface area contributed by atoms with Gasteiger partial charge in [-0.2, -0.15) is 11.8 Å². The van der Waals surface area contributed by atoms with Crippen molar-refractivity contribution in [1.29, 1.82) is 0 Å². The summed E-state index contributed by atoms with van der Waals surface area (Å²) in [5, 5.41) is 5.18. The normalized spacial score (nSPS) is 10.4. The number of nitrogens with one attached hydrogen (secondary N) is 2. The van der Waals surface area contributed by atoms with Crippen LogP contribution in [0.5, 0.6) is 0 Å². The van der Waals surface area contributed by atoms with Gasteiger partial charge in [0.05, 0.1) is 13.0 Å². The highest BCUT2D eigenvalue weighted by Crippen LogP contribution is 2.14. The van der Waals surface area contributed by atoms with Crippen molar-refractivity contribution < 1.29 is 18.4 Å². The van der Waals surface area contributed by atoms with Gasteiger partial charge in [-0.1, -0.05) is 30.3 Å². The Kier molecular flexibility index (Phi) is 8.08. The lowest BCUT2D eigenvalue weighted by atomic mass is 10.1. The molecule has 2 aromatic carbocycles. The van der Waals surface area contributed by atoms with E-state index in [0.29, 0.717) is 29.2 Å². The van der Waals surface area contributed by atoms with E-state index in [1.807, 2.05) is 0 Å². The lowest BCUT2D eigenvalue weighted by Gasteiger charge is -2.07. The Morgan fingerprint density at radius 2 is 1.77 bits per heavy atom. The van der Waals surface area contributed by atoms with Crippen LogP contribution in [-0.2, 0) is 21.8 Å². The van der Waals surface area contributed by atoms with Crippen molar-refractivity contribution in [3.63, 3.8) is 0 Å². The van der Waals surface area contributed by atoms with Crippen molar-refractivity contribution in [3.8, 4) is 0 Å². The zero-order valence-electron chi connectivity index (χ0n) is 14.1. The van der Waals surface area contributed by atoms with Gasteiger partial charge in [0.25, 0.3) is 0 Å². The third-order valence-electron chi connectivity index (χ3n) is 3.48. The van der Waals surface area contributed by atoms with Crippen LogP contribution in [0.4, 0.5) is 8.78 Å². The van der Waals surface area contributed by atoms with E-state index in [0.717, 1.165) is 0 Å². The van der Waals surface area contributed by atoms with Crippen LogP contribution in [0.1, 0.15) is 11.1 Å². The summed E-state index contributed by atoms with van der Waals surface area (Å²) >= 11 is 1.51. The van der Waals surface area contributed by atoms with Gasteiger partial charge in [-0.15, -0.1) is 0 Å². The molecule has 0 saturated carbocycles. The molecule has 0 bridgehead atoms. The highest BCUT2D eigenvalue weighted by Gasteiger charge is 2.07. The first kappa shape index (κ1) is 19.9. The van der Waals surface area contributed by atoms with Crippen molar-refractivity contribution in [2.24, 2.45) is 0 Å². The van der Waals surface area contributed by atoms with Gasteiger partial charge < -0.3 is 10.6 Å². The van der Waals surface area contributed by atoms with Crippen molar-refractivity contribution >= 4 is 23.6 Å². The second kappa shape index (κ2) is 10.6. The zero-order chi connectivity index (χ0) is 18.8. The Bertz CT molecular complexity index is 756. The Hall–Kier alpha value is -2.41. The SMILES string of the molecule is O=C(CNC(=O)Cc1cccc(F)c1)NCCSCc1ccccc1F. The van der Waals surface area contributed by atoms with Crippen LogP contribution in [0.3, 0.4) is 0 Å². The molecule has 0 aliphatic rings. The molecule has 7 heteroatoms. The van der Waals surface area contributed by atoms with Crippen LogP contribution in [0.25, 0.3) is 0 Å². The lowest BCUT2D eigenvalue weighted by Crippen LogP contribution is -2.38. The number of halogens is 2. The molecule has 2 N–H and O–H groups in total. The first-order chi connectivity index (χ1) is 12.5. The predicted octanol–water partition coefficient (Wildman–Crippen LogP) is 2.67. The van der Waals surface area contributed by atoms with E-state index in [2.05, 4.69) is 10.6 Å². The maximum Gasteiger partial charge on any atom is 0.239 e. The Balaban J connectivity index is 1.57. The molecular weight excluding hydrogens is 358 g/mol. The lowest BCUT2D eigenvalue weighted by molar-refractivity contribution is -0.125. The van der Waals surface area contributed by atoms with Gasteiger partial charge in [0, 0.05) is 18.1 Å². The summed E-state index contributed by atoms with van der Waals surface area (Å²) in [5.74, 6) is -0.112. The Labute approximate surface area is 155 Å². The number of benzene rings is 2. The van der Waals surface area contributed by atoms with Gasteiger partial charge in [-0.05, 0) is 29.3 Å². The fraction of sp³-hybridized carbons (Fsp3) is 0.263. The molecule has 0 radical (unpaired) electrons. The van der Waals surface area contributed by atoms with Crippen molar-refractivity contribution in [3.05, 3.63) is 71.3 Å². The van der Waals surface area contributed by atoms with E-state index in [1.54, 1.807) is 24.3 Å². The van der Waals surface area contributed by atoms with Crippen LogP contribution in [0.2, 0.25) is 0 Å². The second-order valence-electron chi connectivity index (χ2n) is 5.58. The molecule has 0 heterocycles. The van der Waals surface area contributed by atoms with E-state index in [1.165, 1.54) is 36.0 Å². The third-order valence-corrected chi connectivity index (χ3v) is 4.49. The fourth-order valence-electron chi connectivity index (χ4n) is 2.20. The van der Waals surface area contributed by atoms with E-state index in [-0.39, 0.29) is 30.6 Å². The van der Waals surface area contributed by atoms with E-state index >= 15 is 0 Å². The molecule has 0 saturated heterocycles. The molecule has 0 spiro atoms. The molecule has 0 aliphatic heterocycles. The molecule has 26 heavy (non-hydrogen) atoms. The minimum absolute atomic E-state index is 0.0174. The van der Waals surface area contributed by atoms with Crippen LogP contribution in [-0.4, -0.2) is 30.7 Å². The van der Waals surface area contributed by atoms with Crippen molar-refractivity contribution in [2.75, 3.05) is 18.8 Å². The highest BCUT2D eigenvalue weighted by atomic mass is 32.2. The van der Waals surface area contributed by atoms with Gasteiger partial charge >= 0.3 is 0 Å². The number of thioether (sulfide) groups is 1. The van der Waals surface area contributed by atoms with Crippen LogP contribution in [0, 0.1) is 11.6 Å². The number of rotatable bonds is 9. The van der Waals surface area contributed by atoms with Crippen LogP contribution in [0.15, 0.2) is 48.5 Å². The summed E-state index contributed by atoms with van der Waals surface area (Å²) in [4.78, 5) is 23.4. The summed E-state index contributed by atoms with van der Waals surface area (Å²) in [6.07, 6.45) is 0.0174.